The average molecular weight is 345 g/mol. The van der Waals surface area contributed by atoms with Gasteiger partial charge in [0.2, 0.25) is 5.91 Å². The molecule has 2 heterocycles. The SMILES string of the molecule is O=C(Cn1ncc2ccccc2c1=O)NCCCOCC1CCCO1. The van der Waals surface area contributed by atoms with Gasteiger partial charge in [0.1, 0.15) is 6.54 Å². The van der Waals surface area contributed by atoms with Crippen LogP contribution in [-0.4, -0.2) is 48.2 Å². The topological polar surface area (TPSA) is 82.5 Å². The predicted molar refractivity (Wildman–Crippen MR) is 93.4 cm³/mol. The lowest BCUT2D eigenvalue weighted by Crippen LogP contribution is -2.34. The first-order chi connectivity index (χ1) is 12.2. The van der Waals surface area contributed by atoms with Crippen LogP contribution in [0.25, 0.3) is 10.8 Å². The summed E-state index contributed by atoms with van der Waals surface area (Å²) in [7, 11) is 0. The summed E-state index contributed by atoms with van der Waals surface area (Å²) < 4.78 is 12.2. The molecule has 1 amide bonds. The van der Waals surface area contributed by atoms with Gasteiger partial charge < -0.3 is 14.8 Å². The van der Waals surface area contributed by atoms with Crippen LogP contribution in [-0.2, 0) is 20.8 Å². The van der Waals surface area contributed by atoms with Crippen molar-refractivity contribution >= 4 is 16.7 Å². The molecule has 1 aromatic carbocycles. The Morgan fingerprint density at radius 1 is 1.40 bits per heavy atom. The summed E-state index contributed by atoms with van der Waals surface area (Å²) >= 11 is 0. The Kier molecular flexibility index (Phi) is 6.14. The second-order valence-electron chi connectivity index (χ2n) is 6.11. The third kappa shape index (κ3) is 4.87. The molecule has 2 aromatic rings. The Bertz CT molecular complexity index is 768. The van der Waals surface area contributed by atoms with Gasteiger partial charge >= 0.3 is 0 Å². The van der Waals surface area contributed by atoms with Crippen molar-refractivity contribution < 1.29 is 14.3 Å². The number of carbonyl (C=O) groups is 1. The number of amides is 1. The number of hydrogen-bond acceptors (Lipinski definition) is 5. The second kappa shape index (κ2) is 8.73. The summed E-state index contributed by atoms with van der Waals surface area (Å²) in [5, 5.41) is 8.17. The van der Waals surface area contributed by atoms with E-state index in [2.05, 4.69) is 10.4 Å². The van der Waals surface area contributed by atoms with Crippen molar-refractivity contribution in [2.24, 2.45) is 0 Å². The first kappa shape index (κ1) is 17.6. The fourth-order valence-electron chi connectivity index (χ4n) is 2.82. The van der Waals surface area contributed by atoms with Crippen LogP contribution >= 0.6 is 0 Å². The van der Waals surface area contributed by atoms with E-state index in [-0.39, 0.29) is 24.1 Å². The van der Waals surface area contributed by atoms with Crippen molar-refractivity contribution in [1.29, 1.82) is 0 Å². The monoisotopic (exact) mass is 345 g/mol. The van der Waals surface area contributed by atoms with Crippen LogP contribution in [0.3, 0.4) is 0 Å². The molecule has 1 saturated heterocycles. The number of aromatic nitrogens is 2. The summed E-state index contributed by atoms with van der Waals surface area (Å²) in [6.45, 7) is 2.44. The van der Waals surface area contributed by atoms with Gasteiger partial charge in [-0.2, -0.15) is 5.10 Å². The number of ether oxygens (including phenoxy) is 2. The van der Waals surface area contributed by atoms with Gasteiger partial charge in [-0.15, -0.1) is 0 Å². The zero-order valence-corrected chi connectivity index (χ0v) is 14.1. The molecule has 1 unspecified atom stereocenters. The van der Waals surface area contributed by atoms with Crippen LogP contribution < -0.4 is 10.9 Å². The molecule has 3 rings (SSSR count). The molecule has 0 bridgehead atoms. The summed E-state index contributed by atoms with van der Waals surface area (Å²) in [4.78, 5) is 24.3. The van der Waals surface area contributed by atoms with Crippen molar-refractivity contribution in [3.05, 3.63) is 40.8 Å². The maximum atomic E-state index is 12.3. The summed E-state index contributed by atoms with van der Waals surface area (Å²) in [6, 6.07) is 7.20. The highest BCUT2D eigenvalue weighted by atomic mass is 16.5. The third-order valence-corrected chi connectivity index (χ3v) is 4.17. The summed E-state index contributed by atoms with van der Waals surface area (Å²) in [5.74, 6) is -0.232. The average Bonchev–Trinajstić information content (AvgIpc) is 3.14. The third-order valence-electron chi connectivity index (χ3n) is 4.17. The molecule has 134 valence electrons. The van der Waals surface area contributed by atoms with Gasteiger partial charge in [-0.05, 0) is 25.3 Å². The molecule has 1 N–H and O–H groups in total. The van der Waals surface area contributed by atoms with E-state index in [4.69, 9.17) is 9.47 Å². The number of benzene rings is 1. The molecule has 1 aliphatic rings. The Balaban J connectivity index is 1.39. The minimum atomic E-state index is -0.256. The van der Waals surface area contributed by atoms with Crippen molar-refractivity contribution in [2.75, 3.05) is 26.4 Å². The lowest BCUT2D eigenvalue weighted by atomic mass is 10.2. The Morgan fingerprint density at radius 2 is 2.28 bits per heavy atom. The van der Waals surface area contributed by atoms with Crippen LogP contribution in [0.4, 0.5) is 0 Å². The zero-order valence-electron chi connectivity index (χ0n) is 14.1. The van der Waals surface area contributed by atoms with E-state index in [1.165, 1.54) is 4.68 Å². The molecule has 0 spiro atoms. The number of fused-ring (bicyclic) bond motifs is 1. The van der Waals surface area contributed by atoms with E-state index in [1.807, 2.05) is 12.1 Å². The maximum Gasteiger partial charge on any atom is 0.275 e. The maximum absolute atomic E-state index is 12.3. The molecular weight excluding hydrogens is 322 g/mol. The highest BCUT2D eigenvalue weighted by Crippen LogP contribution is 2.11. The molecule has 25 heavy (non-hydrogen) atoms. The Labute approximate surface area is 145 Å². The standard InChI is InChI=1S/C18H23N3O4/c22-17(19-8-4-9-24-13-15-6-3-10-25-15)12-21-18(23)16-7-2-1-5-14(16)11-20-21/h1-2,5,7,11,15H,3-4,6,8-10,12-13H2,(H,19,22). The van der Waals surface area contributed by atoms with Gasteiger partial charge in [0.25, 0.3) is 5.56 Å². The van der Waals surface area contributed by atoms with E-state index in [1.54, 1.807) is 18.3 Å². The van der Waals surface area contributed by atoms with E-state index < -0.39 is 0 Å². The van der Waals surface area contributed by atoms with Gasteiger partial charge in [0, 0.05) is 25.1 Å². The van der Waals surface area contributed by atoms with Gasteiger partial charge in [0.15, 0.2) is 0 Å². The summed E-state index contributed by atoms with van der Waals surface area (Å²) in [6.07, 6.45) is 4.71. The van der Waals surface area contributed by atoms with Gasteiger partial charge in [-0.3, -0.25) is 9.59 Å². The molecule has 0 radical (unpaired) electrons. The number of carbonyl (C=O) groups excluding carboxylic acids is 1. The molecule has 1 atom stereocenters. The highest BCUT2D eigenvalue weighted by Gasteiger charge is 2.15. The number of hydrogen-bond donors (Lipinski definition) is 1. The van der Waals surface area contributed by atoms with Crippen LogP contribution in [0.1, 0.15) is 19.3 Å². The van der Waals surface area contributed by atoms with Crippen LogP contribution in [0.2, 0.25) is 0 Å². The largest absolute Gasteiger partial charge is 0.379 e. The van der Waals surface area contributed by atoms with E-state index in [0.717, 1.165) is 31.3 Å². The number of nitrogens with zero attached hydrogens (tertiary/aromatic N) is 2. The van der Waals surface area contributed by atoms with Crippen LogP contribution in [0.5, 0.6) is 0 Å². The summed E-state index contributed by atoms with van der Waals surface area (Å²) in [5.41, 5.74) is -0.256. The molecule has 7 heteroatoms. The van der Waals surface area contributed by atoms with E-state index in [9.17, 15) is 9.59 Å². The van der Waals surface area contributed by atoms with E-state index in [0.29, 0.717) is 25.1 Å². The highest BCUT2D eigenvalue weighted by molar-refractivity contribution is 5.81. The van der Waals surface area contributed by atoms with Crippen molar-refractivity contribution in [3.63, 3.8) is 0 Å². The first-order valence-corrected chi connectivity index (χ1v) is 8.65. The molecule has 1 aromatic heterocycles. The minimum absolute atomic E-state index is 0.0829. The fourth-order valence-corrected chi connectivity index (χ4v) is 2.82. The predicted octanol–water partition coefficient (Wildman–Crippen LogP) is 1.10. The lowest BCUT2D eigenvalue weighted by molar-refractivity contribution is -0.121. The lowest BCUT2D eigenvalue weighted by Gasteiger charge is -2.10. The Morgan fingerprint density at radius 3 is 3.12 bits per heavy atom. The van der Waals surface area contributed by atoms with Crippen molar-refractivity contribution in [1.82, 2.24) is 15.1 Å². The number of nitrogens with one attached hydrogen (secondary N) is 1. The molecule has 0 aliphatic carbocycles. The van der Waals surface area contributed by atoms with Crippen molar-refractivity contribution in [3.8, 4) is 0 Å². The van der Waals surface area contributed by atoms with Gasteiger partial charge in [-0.25, -0.2) is 4.68 Å². The van der Waals surface area contributed by atoms with Crippen molar-refractivity contribution in [2.45, 2.75) is 31.9 Å². The second-order valence-corrected chi connectivity index (χ2v) is 6.11. The molecule has 1 aliphatic heterocycles. The molecular formula is C18H23N3O4. The minimum Gasteiger partial charge on any atom is -0.379 e. The Hall–Kier alpha value is -2.25. The van der Waals surface area contributed by atoms with Gasteiger partial charge in [-0.1, -0.05) is 18.2 Å². The molecule has 7 nitrogen and oxygen atoms in total. The molecule has 1 fully saturated rings. The zero-order chi connectivity index (χ0) is 17.5. The number of rotatable bonds is 8. The fraction of sp³-hybridized carbons (Fsp3) is 0.500. The molecule has 0 saturated carbocycles. The van der Waals surface area contributed by atoms with Gasteiger partial charge in [0.05, 0.1) is 24.3 Å². The quantitative estimate of drug-likeness (QED) is 0.725. The first-order valence-electron chi connectivity index (χ1n) is 8.65. The van der Waals surface area contributed by atoms with E-state index >= 15 is 0 Å². The smallest absolute Gasteiger partial charge is 0.275 e. The van der Waals surface area contributed by atoms with Crippen LogP contribution in [0.15, 0.2) is 35.3 Å². The normalized spacial score (nSPS) is 17.0. The van der Waals surface area contributed by atoms with Crippen LogP contribution in [0, 0.1) is 0 Å².